The van der Waals surface area contributed by atoms with Gasteiger partial charge in [-0.05, 0) is 43.7 Å². The summed E-state index contributed by atoms with van der Waals surface area (Å²) in [5.74, 6) is 1.01. The van der Waals surface area contributed by atoms with Gasteiger partial charge in [0.05, 0.1) is 28.5 Å². The first-order valence-electron chi connectivity index (χ1n) is 8.61. The SMILES string of the molecule is COc1cc(-c2c(C)nn3c(=O)[nH]c(C)nc23)ccc1S(=O)c1ccccc1. The molecule has 0 aliphatic rings. The third-order valence-corrected chi connectivity index (χ3v) is 5.84. The smallest absolute Gasteiger partial charge is 0.349 e. The van der Waals surface area contributed by atoms with Gasteiger partial charge in [0.2, 0.25) is 0 Å². The number of ether oxygens (including phenoxy) is 1. The van der Waals surface area contributed by atoms with E-state index in [2.05, 4.69) is 15.1 Å². The van der Waals surface area contributed by atoms with Crippen molar-refractivity contribution in [2.24, 2.45) is 0 Å². The molecule has 0 bridgehead atoms. The maximum absolute atomic E-state index is 12.9. The van der Waals surface area contributed by atoms with E-state index in [0.29, 0.717) is 32.7 Å². The summed E-state index contributed by atoms with van der Waals surface area (Å²) in [7, 11) is 0.173. The van der Waals surface area contributed by atoms with Crippen LogP contribution in [0.25, 0.3) is 16.8 Å². The Morgan fingerprint density at radius 2 is 1.86 bits per heavy atom. The van der Waals surface area contributed by atoms with Crippen LogP contribution in [0.4, 0.5) is 0 Å². The third-order valence-electron chi connectivity index (χ3n) is 4.40. The van der Waals surface area contributed by atoms with Crippen molar-refractivity contribution in [1.82, 2.24) is 19.6 Å². The number of benzene rings is 2. The summed E-state index contributed by atoms with van der Waals surface area (Å²) in [6.45, 7) is 3.54. The molecule has 2 aromatic heterocycles. The fraction of sp³-hybridized carbons (Fsp3) is 0.150. The van der Waals surface area contributed by atoms with Crippen LogP contribution in [-0.4, -0.2) is 30.9 Å². The van der Waals surface area contributed by atoms with Gasteiger partial charge in [0.1, 0.15) is 11.6 Å². The van der Waals surface area contributed by atoms with Crippen LogP contribution < -0.4 is 10.4 Å². The van der Waals surface area contributed by atoms with E-state index in [-0.39, 0.29) is 5.69 Å². The molecule has 0 radical (unpaired) electrons. The molecule has 28 heavy (non-hydrogen) atoms. The molecule has 1 atom stereocenters. The average Bonchev–Trinajstić information content (AvgIpc) is 3.04. The first kappa shape index (κ1) is 18.1. The number of fused-ring (bicyclic) bond motifs is 1. The van der Waals surface area contributed by atoms with E-state index >= 15 is 0 Å². The lowest BCUT2D eigenvalue weighted by Gasteiger charge is -2.11. The van der Waals surface area contributed by atoms with Gasteiger partial charge in [-0.15, -0.1) is 0 Å². The normalized spacial score (nSPS) is 12.2. The lowest BCUT2D eigenvalue weighted by molar-refractivity contribution is 0.404. The number of hydrogen-bond acceptors (Lipinski definition) is 5. The number of methoxy groups -OCH3 is 1. The van der Waals surface area contributed by atoms with Crippen molar-refractivity contribution in [3.8, 4) is 16.9 Å². The Hall–Kier alpha value is -3.26. The number of nitrogens with zero attached hydrogens (tertiary/aromatic N) is 3. The van der Waals surface area contributed by atoms with Crippen LogP contribution in [0.5, 0.6) is 5.75 Å². The van der Waals surface area contributed by atoms with Crippen molar-refractivity contribution in [1.29, 1.82) is 0 Å². The number of rotatable bonds is 4. The molecular formula is C20H18N4O3S. The summed E-state index contributed by atoms with van der Waals surface area (Å²) in [6, 6.07) is 14.6. The molecule has 0 saturated heterocycles. The molecule has 142 valence electrons. The molecule has 0 amide bonds. The highest BCUT2D eigenvalue weighted by Crippen LogP contribution is 2.34. The van der Waals surface area contributed by atoms with Gasteiger partial charge in [0.25, 0.3) is 0 Å². The molecule has 2 heterocycles. The highest BCUT2D eigenvalue weighted by molar-refractivity contribution is 7.85. The first-order chi connectivity index (χ1) is 13.5. The van der Waals surface area contributed by atoms with Crippen molar-refractivity contribution in [3.63, 3.8) is 0 Å². The molecular weight excluding hydrogens is 376 g/mol. The topological polar surface area (TPSA) is 89.3 Å². The lowest BCUT2D eigenvalue weighted by atomic mass is 10.1. The average molecular weight is 394 g/mol. The Morgan fingerprint density at radius 3 is 2.57 bits per heavy atom. The standard InChI is InChI=1S/C20H18N4O3S/c1-12-18(19-21-13(2)22-20(25)24(19)23-12)14-9-10-17(16(11-14)27-3)28(26)15-7-5-4-6-8-15/h4-11H,1-3H3,(H,21,22,25). The minimum atomic E-state index is -1.37. The number of aryl methyl sites for hydroxylation is 2. The van der Waals surface area contributed by atoms with Crippen LogP contribution in [0.3, 0.4) is 0 Å². The minimum absolute atomic E-state index is 0.342. The molecule has 1 N–H and O–H groups in total. The highest BCUT2D eigenvalue weighted by atomic mass is 32.2. The van der Waals surface area contributed by atoms with Crippen molar-refractivity contribution >= 4 is 16.4 Å². The Bertz CT molecular complexity index is 1260. The van der Waals surface area contributed by atoms with Crippen LogP contribution in [0.15, 0.2) is 63.1 Å². The predicted molar refractivity (Wildman–Crippen MR) is 106 cm³/mol. The fourth-order valence-electron chi connectivity index (χ4n) is 3.14. The van der Waals surface area contributed by atoms with Gasteiger partial charge in [0.15, 0.2) is 5.65 Å². The summed E-state index contributed by atoms with van der Waals surface area (Å²) in [6.07, 6.45) is 0. The van der Waals surface area contributed by atoms with E-state index in [1.165, 1.54) is 4.52 Å². The molecule has 4 rings (SSSR count). The van der Waals surface area contributed by atoms with Gasteiger partial charge in [-0.25, -0.2) is 14.0 Å². The van der Waals surface area contributed by atoms with E-state index in [0.717, 1.165) is 11.1 Å². The molecule has 7 nitrogen and oxygen atoms in total. The molecule has 0 spiro atoms. The van der Waals surface area contributed by atoms with Crippen molar-refractivity contribution in [2.45, 2.75) is 23.6 Å². The second-order valence-electron chi connectivity index (χ2n) is 6.27. The van der Waals surface area contributed by atoms with Gasteiger partial charge in [-0.3, -0.25) is 4.98 Å². The monoisotopic (exact) mass is 394 g/mol. The third kappa shape index (κ3) is 3.01. The Balaban J connectivity index is 1.87. The lowest BCUT2D eigenvalue weighted by Crippen LogP contribution is -2.19. The van der Waals surface area contributed by atoms with Gasteiger partial charge >= 0.3 is 5.69 Å². The summed E-state index contributed by atoms with van der Waals surface area (Å²) in [4.78, 5) is 20.5. The molecule has 0 saturated carbocycles. The largest absolute Gasteiger partial charge is 0.495 e. The molecule has 8 heteroatoms. The van der Waals surface area contributed by atoms with E-state index < -0.39 is 10.8 Å². The first-order valence-corrected chi connectivity index (χ1v) is 9.76. The predicted octanol–water partition coefficient (Wildman–Crippen LogP) is 2.88. The number of aromatic nitrogens is 4. The summed E-state index contributed by atoms with van der Waals surface area (Å²) in [5, 5.41) is 4.30. The zero-order chi connectivity index (χ0) is 19.8. The van der Waals surface area contributed by atoms with Crippen LogP contribution in [0, 0.1) is 13.8 Å². The van der Waals surface area contributed by atoms with Crippen LogP contribution in [0.2, 0.25) is 0 Å². The Labute approximate surface area is 163 Å². The van der Waals surface area contributed by atoms with Gasteiger partial charge < -0.3 is 4.74 Å². The van der Waals surface area contributed by atoms with E-state index in [9.17, 15) is 9.00 Å². The van der Waals surface area contributed by atoms with Crippen LogP contribution >= 0.6 is 0 Å². The highest BCUT2D eigenvalue weighted by Gasteiger charge is 2.19. The minimum Gasteiger partial charge on any atom is -0.495 e. The number of nitrogens with one attached hydrogen (secondary N) is 1. The van der Waals surface area contributed by atoms with Crippen molar-refractivity contribution in [3.05, 3.63) is 70.5 Å². The van der Waals surface area contributed by atoms with Crippen LogP contribution in [0.1, 0.15) is 11.5 Å². The number of aromatic amines is 1. The Kier molecular flexibility index (Phi) is 4.56. The van der Waals surface area contributed by atoms with Crippen molar-refractivity contribution < 1.29 is 8.95 Å². The van der Waals surface area contributed by atoms with Gasteiger partial charge in [-0.1, -0.05) is 24.3 Å². The molecule has 0 aliphatic carbocycles. The van der Waals surface area contributed by atoms with Gasteiger partial charge in [0, 0.05) is 10.5 Å². The second-order valence-corrected chi connectivity index (χ2v) is 7.72. The van der Waals surface area contributed by atoms with Crippen LogP contribution in [-0.2, 0) is 10.8 Å². The summed E-state index contributed by atoms with van der Waals surface area (Å²) >= 11 is 0. The van der Waals surface area contributed by atoms with E-state index in [4.69, 9.17) is 4.74 Å². The second kappa shape index (κ2) is 7.05. The number of hydrogen-bond donors (Lipinski definition) is 1. The van der Waals surface area contributed by atoms with Gasteiger partial charge in [-0.2, -0.15) is 9.61 Å². The fourth-order valence-corrected chi connectivity index (χ4v) is 4.31. The molecule has 2 aromatic carbocycles. The molecule has 0 aliphatic heterocycles. The molecule has 0 fully saturated rings. The zero-order valence-electron chi connectivity index (χ0n) is 15.6. The number of H-pyrrole nitrogens is 1. The maximum Gasteiger partial charge on any atom is 0.349 e. The van der Waals surface area contributed by atoms with Crippen molar-refractivity contribution in [2.75, 3.05) is 7.11 Å². The zero-order valence-corrected chi connectivity index (χ0v) is 16.4. The Morgan fingerprint density at radius 1 is 1.11 bits per heavy atom. The maximum atomic E-state index is 12.9. The molecule has 1 unspecified atom stereocenters. The molecule has 4 aromatic rings. The summed E-state index contributed by atoms with van der Waals surface area (Å²) in [5.41, 5.74) is 2.33. The quantitative estimate of drug-likeness (QED) is 0.575. The van der Waals surface area contributed by atoms with E-state index in [1.807, 2.05) is 43.3 Å². The summed E-state index contributed by atoms with van der Waals surface area (Å²) < 4.78 is 19.7. The van der Waals surface area contributed by atoms with E-state index in [1.54, 1.807) is 26.2 Å².